The molecule has 0 spiro atoms. The molecule has 1 N–H and O–H groups in total. The van der Waals surface area contributed by atoms with Crippen LogP contribution in [0.4, 0.5) is 10.1 Å². The summed E-state index contributed by atoms with van der Waals surface area (Å²) in [4.78, 5) is 18.8. The van der Waals surface area contributed by atoms with Gasteiger partial charge in [0.2, 0.25) is 5.91 Å². The molecular formula is C17H18FN3O. The third-order valence-electron chi connectivity index (χ3n) is 4.47. The van der Waals surface area contributed by atoms with E-state index in [-0.39, 0.29) is 17.8 Å². The normalized spacial score (nSPS) is 21.3. The highest BCUT2D eigenvalue weighted by Crippen LogP contribution is 2.32. The van der Waals surface area contributed by atoms with Gasteiger partial charge >= 0.3 is 0 Å². The van der Waals surface area contributed by atoms with Gasteiger partial charge in [0.05, 0.1) is 5.52 Å². The van der Waals surface area contributed by atoms with Gasteiger partial charge in [-0.15, -0.1) is 0 Å². The van der Waals surface area contributed by atoms with Gasteiger partial charge in [0.15, 0.2) is 0 Å². The van der Waals surface area contributed by atoms with Crippen LogP contribution < -0.4 is 10.2 Å². The van der Waals surface area contributed by atoms with Gasteiger partial charge in [-0.25, -0.2) is 4.39 Å². The van der Waals surface area contributed by atoms with Crippen molar-refractivity contribution in [3.05, 3.63) is 36.3 Å². The van der Waals surface area contributed by atoms with Gasteiger partial charge in [-0.1, -0.05) is 0 Å². The van der Waals surface area contributed by atoms with Crippen LogP contribution in [0.2, 0.25) is 0 Å². The number of hydrogen-bond donors (Lipinski definition) is 1. The Morgan fingerprint density at radius 1 is 1.27 bits per heavy atom. The average Bonchev–Trinajstić information content (AvgIpc) is 3.18. The van der Waals surface area contributed by atoms with Crippen LogP contribution >= 0.6 is 0 Å². The second-order valence-corrected chi connectivity index (χ2v) is 6.13. The minimum absolute atomic E-state index is 0.118. The molecule has 114 valence electrons. The number of carbonyl (C=O) groups is 1. The second kappa shape index (κ2) is 5.23. The number of aromatic nitrogens is 1. The molecule has 1 saturated heterocycles. The number of benzene rings is 1. The largest absolute Gasteiger partial charge is 0.359 e. The number of carbonyl (C=O) groups excluding carboxylic acids is 1. The van der Waals surface area contributed by atoms with Crippen molar-refractivity contribution >= 4 is 22.5 Å². The van der Waals surface area contributed by atoms with Crippen molar-refractivity contribution in [2.45, 2.75) is 37.8 Å². The van der Waals surface area contributed by atoms with E-state index < -0.39 is 0 Å². The maximum atomic E-state index is 13.4. The molecule has 2 fully saturated rings. The minimum atomic E-state index is -0.290. The lowest BCUT2D eigenvalue weighted by molar-refractivity contribution is -0.122. The summed E-state index contributed by atoms with van der Waals surface area (Å²) < 4.78 is 13.4. The quantitative estimate of drug-likeness (QED) is 0.947. The fourth-order valence-corrected chi connectivity index (χ4v) is 3.21. The SMILES string of the molecule is O=C(NC1CC1)C1CCCN1c1ccnc2cc(F)ccc12. The van der Waals surface area contributed by atoms with E-state index in [0.717, 1.165) is 43.3 Å². The molecule has 1 aromatic heterocycles. The predicted octanol–water partition coefficient (Wildman–Crippen LogP) is 2.62. The molecule has 4 rings (SSSR count). The molecule has 0 bridgehead atoms. The lowest BCUT2D eigenvalue weighted by atomic mass is 10.1. The van der Waals surface area contributed by atoms with Crippen LogP contribution in [0, 0.1) is 5.82 Å². The zero-order chi connectivity index (χ0) is 15.1. The van der Waals surface area contributed by atoms with E-state index in [1.165, 1.54) is 12.1 Å². The zero-order valence-corrected chi connectivity index (χ0v) is 12.3. The Morgan fingerprint density at radius 3 is 2.95 bits per heavy atom. The van der Waals surface area contributed by atoms with Crippen molar-refractivity contribution in [3.63, 3.8) is 0 Å². The summed E-state index contributed by atoms with van der Waals surface area (Å²) in [6, 6.07) is 6.80. The highest BCUT2D eigenvalue weighted by molar-refractivity contribution is 5.95. The maximum absolute atomic E-state index is 13.4. The lowest BCUT2D eigenvalue weighted by Crippen LogP contribution is -2.44. The Kier molecular flexibility index (Phi) is 3.21. The van der Waals surface area contributed by atoms with E-state index in [9.17, 15) is 9.18 Å². The van der Waals surface area contributed by atoms with Crippen molar-refractivity contribution in [1.29, 1.82) is 0 Å². The van der Waals surface area contributed by atoms with E-state index in [2.05, 4.69) is 15.2 Å². The number of hydrogen-bond acceptors (Lipinski definition) is 3. The Hall–Kier alpha value is -2.17. The van der Waals surface area contributed by atoms with E-state index >= 15 is 0 Å². The van der Waals surface area contributed by atoms with Crippen LogP contribution in [-0.4, -0.2) is 29.5 Å². The van der Waals surface area contributed by atoms with Crippen molar-refractivity contribution in [3.8, 4) is 0 Å². The highest BCUT2D eigenvalue weighted by Gasteiger charge is 2.34. The molecule has 2 heterocycles. The van der Waals surface area contributed by atoms with Crippen LogP contribution in [0.3, 0.4) is 0 Å². The molecule has 1 unspecified atom stereocenters. The van der Waals surface area contributed by atoms with Crippen LogP contribution in [-0.2, 0) is 4.79 Å². The van der Waals surface area contributed by atoms with Crippen molar-refractivity contribution in [2.75, 3.05) is 11.4 Å². The van der Waals surface area contributed by atoms with Crippen LogP contribution in [0.15, 0.2) is 30.5 Å². The minimum Gasteiger partial charge on any atom is -0.359 e. The predicted molar refractivity (Wildman–Crippen MR) is 83.2 cm³/mol. The number of nitrogens with zero attached hydrogens (tertiary/aromatic N) is 2. The van der Waals surface area contributed by atoms with Crippen molar-refractivity contribution < 1.29 is 9.18 Å². The van der Waals surface area contributed by atoms with Crippen LogP contribution in [0.5, 0.6) is 0 Å². The topological polar surface area (TPSA) is 45.2 Å². The summed E-state index contributed by atoms with van der Waals surface area (Å²) in [6.07, 6.45) is 5.73. The van der Waals surface area contributed by atoms with Crippen molar-refractivity contribution in [2.24, 2.45) is 0 Å². The van der Waals surface area contributed by atoms with Gasteiger partial charge < -0.3 is 10.2 Å². The summed E-state index contributed by atoms with van der Waals surface area (Å²) in [5, 5.41) is 3.99. The summed E-state index contributed by atoms with van der Waals surface area (Å²) in [5.41, 5.74) is 1.60. The summed E-state index contributed by atoms with van der Waals surface area (Å²) in [7, 11) is 0. The molecule has 2 aliphatic rings. The van der Waals surface area contributed by atoms with Crippen LogP contribution in [0.1, 0.15) is 25.7 Å². The van der Waals surface area contributed by atoms with E-state index in [4.69, 9.17) is 0 Å². The van der Waals surface area contributed by atoms with Crippen molar-refractivity contribution in [1.82, 2.24) is 10.3 Å². The smallest absolute Gasteiger partial charge is 0.242 e. The van der Waals surface area contributed by atoms with Gasteiger partial charge in [0, 0.05) is 35.9 Å². The first-order valence-electron chi connectivity index (χ1n) is 7.84. The molecule has 1 saturated carbocycles. The average molecular weight is 299 g/mol. The fraction of sp³-hybridized carbons (Fsp3) is 0.412. The Balaban J connectivity index is 1.69. The molecule has 4 nitrogen and oxygen atoms in total. The van der Waals surface area contributed by atoms with Gasteiger partial charge in [0.1, 0.15) is 11.9 Å². The number of fused-ring (bicyclic) bond motifs is 1. The van der Waals surface area contributed by atoms with Crippen LogP contribution in [0.25, 0.3) is 10.9 Å². The Labute approximate surface area is 128 Å². The molecule has 5 heteroatoms. The van der Waals surface area contributed by atoms with Gasteiger partial charge in [-0.05, 0) is 43.9 Å². The van der Waals surface area contributed by atoms with E-state index in [1.54, 1.807) is 12.3 Å². The maximum Gasteiger partial charge on any atom is 0.242 e. The highest BCUT2D eigenvalue weighted by atomic mass is 19.1. The molecule has 1 aromatic carbocycles. The lowest BCUT2D eigenvalue weighted by Gasteiger charge is -2.27. The zero-order valence-electron chi connectivity index (χ0n) is 12.3. The molecular weight excluding hydrogens is 281 g/mol. The molecule has 2 aromatic rings. The third kappa shape index (κ3) is 2.40. The second-order valence-electron chi connectivity index (χ2n) is 6.13. The molecule has 0 radical (unpaired) electrons. The van der Waals surface area contributed by atoms with E-state index in [1.807, 2.05) is 6.07 Å². The first-order chi connectivity index (χ1) is 10.7. The first kappa shape index (κ1) is 13.5. The fourth-order valence-electron chi connectivity index (χ4n) is 3.21. The number of amides is 1. The molecule has 1 amide bonds. The summed E-state index contributed by atoms with van der Waals surface area (Å²) in [6.45, 7) is 0.846. The number of rotatable bonds is 3. The Bertz CT molecular complexity index is 729. The van der Waals surface area contributed by atoms with E-state index in [0.29, 0.717) is 11.6 Å². The summed E-state index contributed by atoms with van der Waals surface area (Å²) in [5.74, 6) is -0.173. The number of pyridine rings is 1. The Morgan fingerprint density at radius 2 is 2.14 bits per heavy atom. The molecule has 1 aliphatic carbocycles. The van der Waals surface area contributed by atoms with Gasteiger partial charge in [0.25, 0.3) is 0 Å². The van der Waals surface area contributed by atoms with Gasteiger partial charge in [-0.2, -0.15) is 0 Å². The molecule has 1 atom stereocenters. The first-order valence-corrected chi connectivity index (χ1v) is 7.84. The molecule has 1 aliphatic heterocycles. The summed E-state index contributed by atoms with van der Waals surface area (Å²) >= 11 is 0. The number of halogens is 1. The van der Waals surface area contributed by atoms with Gasteiger partial charge in [-0.3, -0.25) is 9.78 Å². The monoisotopic (exact) mass is 299 g/mol. The molecule has 22 heavy (non-hydrogen) atoms. The number of nitrogens with one attached hydrogen (secondary N) is 1. The third-order valence-corrected chi connectivity index (χ3v) is 4.47. The number of anilines is 1. The standard InChI is InChI=1S/C17H18FN3O/c18-11-3-6-13-14(10-11)19-8-7-15(13)21-9-1-2-16(21)17(22)20-12-4-5-12/h3,6-8,10,12,16H,1-2,4-5,9H2,(H,20,22).